The van der Waals surface area contributed by atoms with E-state index in [0.29, 0.717) is 10.9 Å². The van der Waals surface area contributed by atoms with Crippen molar-refractivity contribution in [2.45, 2.75) is 51.7 Å². The van der Waals surface area contributed by atoms with E-state index in [9.17, 15) is 9.59 Å². The SMILES string of the molecule is CC1CC(NC(=O)C(NC(=O)c2cccs2)C(C)C)CCN1.Cl. The topological polar surface area (TPSA) is 70.2 Å². The van der Waals surface area contributed by atoms with Gasteiger partial charge in [0.05, 0.1) is 4.88 Å². The van der Waals surface area contributed by atoms with Gasteiger partial charge in [-0.15, -0.1) is 23.7 Å². The summed E-state index contributed by atoms with van der Waals surface area (Å²) < 4.78 is 0. The largest absolute Gasteiger partial charge is 0.351 e. The second-order valence-electron chi connectivity index (χ2n) is 6.26. The molecule has 0 saturated carbocycles. The van der Waals surface area contributed by atoms with Crippen LogP contribution in [0.2, 0.25) is 0 Å². The standard InChI is InChI=1S/C16H25N3O2S.ClH/c1-10(2)14(19-15(20)13-5-4-8-22-13)16(21)18-12-6-7-17-11(3)9-12;/h4-5,8,10-12,14,17H,6-7,9H2,1-3H3,(H,18,21)(H,19,20);1H. The Morgan fingerprint density at radius 2 is 2.13 bits per heavy atom. The van der Waals surface area contributed by atoms with E-state index in [1.165, 1.54) is 11.3 Å². The molecule has 1 aromatic rings. The zero-order valence-electron chi connectivity index (χ0n) is 13.8. The molecule has 1 aromatic heterocycles. The Labute approximate surface area is 148 Å². The minimum atomic E-state index is -0.500. The first kappa shape index (κ1) is 19.9. The van der Waals surface area contributed by atoms with E-state index >= 15 is 0 Å². The van der Waals surface area contributed by atoms with Crippen LogP contribution >= 0.6 is 23.7 Å². The molecule has 2 rings (SSSR count). The lowest BCUT2D eigenvalue weighted by atomic mass is 9.98. The number of hydrogen-bond donors (Lipinski definition) is 3. The highest BCUT2D eigenvalue weighted by Crippen LogP contribution is 2.12. The summed E-state index contributed by atoms with van der Waals surface area (Å²) in [5.74, 6) is -0.218. The second kappa shape index (κ2) is 9.25. The van der Waals surface area contributed by atoms with Crippen LogP contribution in [-0.4, -0.2) is 36.5 Å². The van der Waals surface area contributed by atoms with Crippen molar-refractivity contribution >= 4 is 35.6 Å². The summed E-state index contributed by atoms with van der Waals surface area (Å²) in [6.45, 7) is 6.94. The first-order valence-electron chi connectivity index (χ1n) is 7.85. The number of amides is 2. The third kappa shape index (κ3) is 5.79. The average molecular weight is 360 g/mol. The molecule has 1 aliphatic heterocycles. The molecule has 0 bridgehead atoms. The summed E-state index contributed by atoms with van der Waals surface area (Å²) in [5, 5.41) is 11.2. The smallest absolute Gasteiger partial charge is 0.262 e. The normalized spacial score (nSPS) is 22.1. The quantitative estimate of drug-likeness (QED) is 0.754. The van der Waals surface area contributed by atoms with Gasteiger partial charge in [-0.2, -0.15) is 0 Å². The van der Waals surface area contributed by atoms with Crippen molar-refractivity contribution in [3.05, 3.63) is 22.4 Å². The van der Waals surface area contributed by atoms with Gasteiger partial charge in [-0.05, 0) is 43.7 Å². The van der Waals surface area contributed by atoms with Crippen LogP contribution in [0, 0.1) is 5.92 Å². The lowest BCUT2D eigenvalue weighted by Gasteiger charge is -2.31. The third-order valence-corrected chi connectivity index (χ3v) is 4.82. The van der Waals surface area contributed by atoms with E-state index in [0.717, 1.165) is 19.4 Å². The molecule has 1 fully saturated rings. The Bertz CT molecular complexity index is 507. The lowest BCUT2D eigenvalue weighted by Crippen LogP contribution is -2.54. The van der Waals surface area contributed by atoms with Gasteiger partial charge in [0.15, 0.2) is 0 Å². The molecule has 0 spiro atoms. The fraction of sp³-hybridized carbons (Fsp3) is 0.625. The zero-order chi connectivity index (χ0) is 16.1. The van der Waals surface area contributed by atoms with Crippen LogP contribution in [0.25, 0.3) is 0 Å². The molecule has 130 valence electrons. The minimum Gasteiger partial charge on any atom is -0.351 e. The molecule has 7 heteroatoms. The van der Waals surface area contributed by atoms with E-state index in [2.05, 4.69) is 22.9 Å². The summed E-state index contributed by atoms with van der Waals surface area (Å²) in [4.78, 5) is 25.3. The Kier molecular flexibility index (Phi) is 8.02. The maximum Gasteiger partial charge on any atom is 0.262 e. The minimum absolute atomic E-state index is 0. The number of carbonyl (C=O) groups excluding carboxylic acids is 2. The van der Waals surface area contributed by atoms with Crippen LogP contribution in [0.5, 0.6) is 0 Å². The Hall–Kier alpha value is -1.11. The summed E-state index contributed by atoms with van der Waals surface area (Å²) in [5.41, 5.74) is 0. The first-order chi connectivity index (χ1) is 10.5. The molecule has 3 N–H and O–H groups in total. The van der Waals surface area contributed by atoms with Crippen molar-refractivity contribution < 1.29 is 9.59 Å². The van der Waals surface area contributed by atoms with Gasteiger partial charge in [0.2, 0.25) is 5.91 Å². The monoisotopic (exact) mass is 359 g/mol. The maximum absolute atomic E-state index is 12.5. The fourth-order valence-corrected chi connectivity index (χ4v) is 3.34. The summed E-state index contributed by atoms with van der Waals surface area (Å²) in [6, 6.07) is 3.70. The maximum atomic E-state index is 12.5. The van der Waals surface area contributed by atoms with Gasteiger partial charge in [0.1, 0.15) is 6.04 Å². The number of nitrogens with one attached hydrogen (secondary N) is 3. The highest BCUT2D eigenvalue weighted by atomic mass is 35.5. The van der Waals surface area contributed by atoms with E-state index in [-0.39, 0.29) is 36.2 Å². The second-order valence-corrected chi connectivity index (χ2v) is 7.21. The van der Waals surface area contributed by atoms with Crippen LogP contribution in [0.3, 0.4) is 0 Å². The van der Waals surface area contributed by atoms with E-state index in [1.807, 2.05) is 25.3 Å². The molecule has 3 atom stereocenters. The zero-order valence-corrected chi connectivity index (χ0v) is 15.4. The average Bonchev–Trinajstić information content (AvgIpc) is 2.98. The number of piperidine rings is 1. The van der Waals surface area contributed by atoms with Crippen molar-refractivity contribution in [1.29, 1.82) is 0 Å². The molecule has 1 aliphatic rings. The van der Waals surface area contributed by atoms with Crippen molar-refractivity contribution in [3.63, 3.8) is 0 Å². The number of thiophene rings is 1. The Morgan fingerprint density at radius 3 is 2.70 bits per heavy atom. The summed E-state index contributed by atoms with van der Waals surface area (Å²) in [7, 11) is 0. The summed E-state index contributed by atoms with van der Waals surface area (Å²) in [6.07, 6.45) is 1.86. The molecule has 2 amide bonds. The number of halogens is 1. The molecule has 5 nitrogen and oxygen atoms in total. The van der Waals surface area contributed by atoms with Crippen molar-refractivity contribution in [1.82, 2.24) is 16.0 Å². The van der Waals surface area contributed by atoms with Gasteiger partial charge in [-0.1, -0.05) is 19.9 Å². The van der Waals surface area contributed by atoms with E-state index in [4.69, 9.17) is 0 Å². The molecular formula is C16H26ClN3O2S. The first-order valence-corrected chi connectivity index (χ1v) is 8.73. The summed E-state index contributed by atoms with van der Waals surface area (Å²) >= 11 is 1.38. The number of hydrogen-bond acceptors (Lipinski definition) is 4. The molecule has 0 aliphatic carbocycles. The van der Waals surface area contributed by atoms with E-state index in [1.54, 1.807) is 6.07 Å². The van der Waals surface area contributed by atoms with Gasteiger partial charge in [-0.3, -0.25) is 9.59 Å². The Morgan fingerprint density at radius 1 is 1.39 bits per heavy atom. The lowest BCUT2D eigenvalue weighted by molar-refractivity contribution is -0.124. The number of carbonyl (C=O) groups is 2. The van der Waals surface area contributed by atoms with Crippen molar-refractivity contribution in [3.8, 4) is 0 Å². The predicted molar refractivity (Wildman–Crippen MR) is 96.3 cm³/mol. The highest BCUT2D eigenvalue weighted by molar-refractivity contribution is 7.12. The molecule has 0 aromatic carbocycles. The van der Waals surface area contributed by atoms with Gasteiger partial charge in [0.25, 0.3) is 5.91 Å². The Balaban J connectivity index is 0.00000264. The number of rotatable bonds is 5. The third-order valence-electron chi connectivity index (χ3n) is 3.95. The van der Waals surface area contributed by atoms with Crippen LogP contribution in [-0.2, 0) is 4.79 Å². The fourth-order valence-electron chi connectivity index (χ4n) is 2.71. The van der Waals surface area contributed by atoms with Crippen LogP contribution < -0.4 is 16.0 Å². The van der Waals surface area contributed by atoms with Crippen LogP contribution in [0.4, 0.5) is 0 Å². The van der Waals surface area contributed by atoms with Gasteiger partial charge < -0.3 is 16.0 Å². The highest BCUT2D eigenvalue weighted by Gasteiger charge is 2.28. The van der Waals surface area contributed by atoms with Gasteiger partial charge >= 0.3 is 0 Å². The molecule has 3 unspecified atom stereocenters. The van der Waals surface area contributed by atoms with E-state index < -0.39 is 6.04 Å². The van der Waals surface area contributed by atoms with Gasteiger partial charge in [-0.25, -0.2) is 0 Å². The van der Waals surface area contributed by atoms with Crippen LogP contribution in [0.1, 0.15) is 43.3 Å². The van der Waals surface area contributed by atoms with Gasteiger partial charge in [0, 0.05) is 12.1 Å². The van der Waals surface area contributed by atoms with Crippen molar-refractivity contribution in [2.24, 2.45) is 5.92 Å². The molecule has 0 radical (unpaired) electrons. The predicted octanol–water partition coefficient (Wildman–Crippen LogP) is 2.18. The molecular weight excluding hydrogens is 334 g/mol. The van der Waals surface area contributed by atoms with Crippen LogP contribution in [0.15, 0.2) is 17.5 Å². The molecule has 23 heavy (non-hydrogen) atoms. The van der Waals surface area contributed by atoms with Crippen molar-refractivity contribution in [2.75, 3.05) is 6.54 Å². The molecule has 1 saturated heterocycles. The molecule has 2 heterocycles.